The molecule has 130 valence electrons. The molecule has 2 N–H and O–H groups in total. The number of hydrogen-bond acceptors (Lipinski definition) is 3. The van der Waals surface area contributed by atoms with Gasteiger partial charge >= 0.3 is 6.18 Å². The Morgan fingerprint density at radius 2 is 1.87 bits per heavy atom. The lowest BCUT2D eigenvalue weighted by molar-refractivity contribution is -0.132. The Morgan fingerprint density at radius 1 is 1.17 bits per heavy atom. The minimum absolute atomic E-state index is 0. The third kappa shape index (κ3) is 6.71. The number of halogens is 4. The SMILES string of the molecule is CN=C(NCCc1ccc2c(c1)OCO2)NCCC(F)(F)F.I. The van der Waals surface area contributed by atoms with Crippen molar-refractivity contribution in [2.24, 2.45) is 4.99 Å². The molecule has 2 rings (SSSR count). The highest BCUT2D eigenvalue weighted by Gasteiger charge is 2.26. The van der Waals surface area contributed by atoms with Gasteiger partial charge in [0, 0.05) is 20.1 Å². The first-order valence-electron chi connectivity index (χ1n) is 6.88. The number of aliphatic imine (C=N–C) groups is 1. The van der Waals surface area contributed by atoms with Crippen LogP contribution < -0.4 is 20.1 Å². The second-order valence-corrected chi connectivity index (χ2v) is 4.73. The zero-order valence-electron chi connectivity index (χ0n) is 12.6. The van der Waals surface area contributed by atoms with Crippen LogP contribution in [-0.4, -0.2) is 39.1 Å². The Balaban J connectivity index is 0.00000264. The highest BCUT2D eigenvalue weighted by atomic mass is 127. The Bertz CT molecular complexity index is 538. The van der Waals surface area contributed by atoms with Gasteiger partial charge in [-0.05, 0) is 24.1 Å². The summed E-state index contributed by atoms with van der Waals surface area (Å²) in [6.45, 7) is 0.575. The van der Waals surface area contributed by atoms with Crippen molar-refractivity contribution in [1.29, 1.82) is 0 Å². The van der Waals surface area contributed by atoms with E-state index < -0.39 is 12.6 Å². The normalized spacial score (nSPS) is 13.5. The summed E-state index contributed by atoms with van der Waals surface area (Å²) in [7, 11) is 1.52. The maximum atomic E-state index is 12.1. The molecule has 0 saturated heterocycles. The molecule has 0 fully saturated rings. The van der Waals surface area contributed by atoms with Crippen LogP contribution in [0.15, 0.2) is 23.2 Å². The summed E-state index contributed by atoms with van der Waals surface area (Å²) in [5.41, 5.74) is 1.04. The molecule has 0 spiro atoms. The second kappa shape index (κ2) is 9.04. The number of guanidine groups is 1. The summed E-state index contributed by atoms with van der Waals surface area (Å²) in [5, 5.41) is 5.60. The van der Waals surface area contributed by atoms with E-state index in [0.717, 1.165) is 11.3 Å². The van der Waals surface area contributed by atoms with E-state index >= 15 is 0 Å². The van der Waals surface area contributed by atoms with Crippen LogP contribution in [0, 0.1) is 0 Å². The van der Waals surface area contributed by atoms with Gasteiger partial charge in [-0.2, -0.15) is 13.2 Å². The molecule has 1 aliphatic heterocycles. The fraction of sp³-hybridized carbons (Fsp3) is 0.500. The van der Waals surface area contributed by atoms with Crippen molar-refractivity contribution in [3.63, 3.8) is 0 Å². The summed E-state index contributed by atoms with van der Waals surface area (Å²) in [6, 6.07) is 5.66. The highest BCUT2D eigenvalue weighted by Crippen LogP contribution is 2.32. The molecule has 0 bridgehead atoms. The Hall–Kier alpha value is -1.39. The quantitative estimate of drug-likeness (QED) is 0.416. The number of benzene rings is 1. The van der Waals surface area contributed by atoms with E-state index in [2.05, 4.69) is 15.6 Å². The van der Waals surface area contributed by atoms with Gasteiger partial charge in [0.1, 0.15) is 0 Å². The maximum absolute atomic E-state index is 12.1. The number of hydrogen-bond donors (Lipinski definition) is 2. The predicted molar refractivity (Wildman–Crippen MR) is 91.7 cm³/mol. The lowest BCUT2D eigenvalue weighted by atomic mass is 10.1. The first-order valence-corrected chi connectivity index (χ1v) is 6.88. The van der Waals surface area contributed by atoms with E-state index in [1.807, 2.05) is 18.2 Å². The zero-order valence-corrected chi connectivity index (χ0v) is 14.9. The molecule has 1 aromatic rings. The minimum atomic E-state index is -4.17. The smallest absolute Gasteiger partial charge is 0.390 e. The number of nitrogens with one attached hydrogen (secondary N) is 2. The number of ether oxygens (including phenoxy) is 2. The highest BCUT2D eigenvalue weighted by molar-refractivity contribution is 14.0. The van der Waals surface area contributed by atoms with Crippen LogP contribution in [0.3, 0.4) is 0 Å². The number of rotatable bonds is 5. The van der Waals surface area contributed by atoms with E-state index in [0.29, 0.717) is 24.7 Å². The summed E-state index contributed by atoms with van der Waals surface area (Å²) in [4.78, 5) is 3.88. The second-order valence-electron chi connectivity index (χ2n) is 4.73. The molecule has 23 heavy (non-hydrogen) atoms. The van der Waals surface area contributed by atoms with Gasteiger partial charge in [-0.25, -0.2) is 0 Å². The fourth-order valence-electron chi connectivity index (χ4n) is 1.96. The number of fused-ring (bicyclic) bond motifs is 1. The van der Waals surface area contributed by atoms with Gasteiger partial charge in [-0.3, -0.25) is 4.99 Å². The van der Waals surface area contributed by atoms with Crippen LogP contribution in [-0.2, 0) is 6.42 Å². The van der Waals surface area contributed by atoms with Gasteiger partial charge in [-0.1, -0.05) is 6.07 Å². The van der Waals surface area contributed by atoms with Crippen LogP contribution >= 0.6 is 24.0 Å². The first-order chi connectivity index (χ1) is 10.5. The van der Waals surface area contributed by atoms with Gasteiger partial charge in [0.15, 0.2) is 17.5 Å². The number of alkyl halides is 3. The van der Waals surface area contributed by atoms with Crippen molar-refractivity contribution in [3.8, 4) is 11.5 Å². The summed E-state index contributed by atoms with van der Waals surface area (Å²) >= 11 is 0. The van der Waals surface area contributed by atoms with Gasteiger partial charge in [0.25, 0.3) is 0 Å². The van der Waals surface area contributed by atoms with Crippen molar-refractivity contribution in [3.05, 3.63) is 23.8 Å². The molecular weight excluding hydrogens is 426 g/mol. The van der Waals surface area contributed by atoms with Crippen molar-refractivity contribution in [2.75, 3.05) is 26.9 Å². The average molecular weight is 445 g/mol. The molecule has 9 heteroatoms. The van der Waals surface area contributed by atoms with Crippen LogP contribution in [0.2, 0.25) is 0 Å². The van der Waals surface area contributed by atoms with Crippen LogP contribution in [0.5, 0.6) is 11.5 Å². The van der Waals surface area contributed by atoms with Crippen LogP contribution in [0.25, 0.3) is 0 Å². The third-order valence-electron chi connectivity index (χ3n) is 3.07. The summed E-state index contributed by atoms with van der Waals surface area (Å²) in [6.07, 6.45) is -4.37. The fourth-order valence-corrected chi connectivity index (χ4v) is 1.96. The van der Waals surface area contributed by atoms with Gasteiger partial charge in [0.05, 0.1) is 6.42 Å². The lowest BCUT2D eigenvalue weighted by Gasteiger charge is -2.13. The third-order valence-corrected chi connectivity index (χ3v) is 3.07. The zero-order chi connectivity index (χ0) is 16.0. The molecule has 5 nitrogen and oxygen atoms in total. The van der Waals surface area contributed by atoms with E-state index in [9.17, 15) is 13.2 Å². The number of nitrogens with zero attached hydrogens (tertiary/aromatic N) is 1. The monoisotopic (exact) mass is 445 g/mol. The molecule has 0 aliphatic carbocycles. The summed E-state index contributed by atoms with van der Waals surface area (Å²) < 4.78 is 46.7. The van der Waals surface area contributed by atoms with Crippen LogP contribution in [0.1, 0.15) is 12.0 Å². The topological polar surface area (TPSA) is 54.9 Å². The predicted octanol–water partition coefficient (Wildman–Crippen LogP) is 2.69. The first kappa shape index (κ1) is 19.7. The Kier molecular flexibility index (Phi) is 7.73. The van der Waals surface area contributed by atoms with Crippen molar-refractivity contribution >= 4 is 29.9 Å². The Morgan fingerprint density at radius 3 is 2.57 bits per heavy atom. The van der Waals surface area contributed by atoms with E-state index in [-0.39, 0.29) is 37.3 Å². The molecule has 0 amide bonds. The van der Waals surface area contributed by atoms with Gasteiger partial charge in [0.2, 0.25) is 6.79 Å². The van der Waals surface area contributed by atoms with E-state index in [4.69, 9.17) is 9.47 Å². The Labute approximate surface area is 149 Å². The van der Waals surface area contributed by atoms with Gasteiger partial charge in [-0.15, -0.1) is 24.0 Å². The van der Waals surface area contributed by atoms with Crippen molar-refractivity contribution in [1.82, 2.24) is 10.6 Å². The molecule has 0 aromatic heterocycles. The van der Waals surface area contributed by atoms with Crippen LogP contribution in [0.4, 0.5) is 13.2 Å². The molecule has 1 aromatic carbocycles. The molecule has 0 atom stereocenters. The largest absolute Gasteiger partial charge is 0.454 e. The molecule has 1 heterocycles. The molecule has 0 saturated carbocycles. The summed E-state index contributed by atoms with van der Waals surface area (Å²) in [5.74, 6) is 1.79. The standard InChI is InChI=1S/C14H18F3N3O2.HI/c1-18-13(20-7-5-14(15,16)17)19-6-4-10-2-3-11-12(8-10)22-9-21-11;/h2-3,8H,4-7,9H2,1H3,(H2,18,19,20);1H. The lowest BCUT2D eigenvalue weighted by Crippen LogP contribution is -2.39. The minimum Gasteiger partial charge on any atom is -0.454 e. The van der Waals surface area contributed by atoms with Crippen molar-refractivity contribution < 1.29 is 22.6 Å². The average Bonchev–Trinajstić information content (AvgIpc) is 2.92. The van der Waals surface area contributed by atoms with E-state index in [1.165, 1.54) is 7.05 Å². The maximum Gasteiger partial charge on any atom is 0.390 e. The molecule has 1 aliphatic rings. The van der Waals surface area contributed by atoms with Crippen molar-refractivity contribution in [2.45, 2.75) is 19.0 Å². The van der Waals surface area contributed by atoms with Gasteiger partial charge < -0.3 is 20.1 Å². The van der Waals surface area contributed by atoms with E-state index in [1.54, 1.807) is 0 Å². The molecular formula is C14H19F3IN3O2. The molecule has 0 radical (unpaired) electrons. The molecule has 0 unspecified atom stereocenters.